The van der Waals surface area contributed by atoms with Gasteiger partial charge in [0.05, 0.1) is 46.0 Å². The Kier molecular flexibility index (Phi) is 15.7. The van der Waals surface area contributed by atoms with Crippen molar-refractivity contribution in [3.8, 4) is 22.5 Å². The number of H-pyrrole nitrogens is 2. The number of anilines is 1. The van der Waals surface area contributed by atoms with E-state index in [1.165, 1.54) is 6.20 Å². The SMILES string of the molecule is CC(C)(C)OC(=O)N[C@H]1CCC[C@@H](N)C1.CC(C)(C)OC(=O)N[C@H]1CCC[C@@H](Nc2ncc(Cl)c(-c3c[nH][n+]4ccccc34)n2)C1.Clc1ncc(Cl)c(-c2c[nH][n+]3ccccc23)n1. The summed E-state index contributed by atoms with van der Waals surface area (Å²) < 4.78 is 14.4. The number of amides is 2. The highest BCUT2D eigenvalue weighted by Gasteiger charge is 2.27. The molecule has 2 amide bonds. The number of carbonyl (C=O) groups is 2. The molecule has 336 valence electrons. The summed E-state index contributed by atoms with van der Waals surface area (Å²) in [6.07, 6.45) is 17.7. The van der Waals surface area contributed by atoms with Crippen molar-refractivity contribution in [3.63, 3.8) is 0 Å². The van der Waals surface area contributed by atoms with Crippen LogP contribution in [0.25, 0.3) is 33.5 Å². The van der Waals surface area contributed by atoms with E-state index in [9.17, 15) is 9.59 Å². The Hall–Kier alpha value is -5.29. The lowest BCUT2D eigenvalue weighted by molar-refractivity contribution is -0.576. The van der Waals surface area contributed by atoms with E-state index in [1.807, 2.05) is 112 Å². The van der Waals surface area contributed by atoms with Gasteiger partial charge in [-0.2, -0.15) is 10.2 Å². The maximum absolute atomic E-state index is 12.1. The number of alkyl carbamates (subject to hydrolysis) is 2. The molecule has 8 rings (SSSR count). The van der Waals surface area contributed by atoms with Gasteiger partial charge in [0.2, 0.25) is 34.7 Å². The summed E-state index contributed by atoms with van der Waals surface area (Å²) in [6, 6.07) is 12.4. The molecule has 6 heterocycles. The molecule has 19 heteroatoms. The maximum Gasteiger partial charge on any atom is 0.407 e. The monoisotopic (exact) mass is 922 g/mol. The number of ether oxygens (including phenoxy) is 2. The van der Waals surface area contributed by atoms with Gasteiger partial charge in [0.1, 0.15) is 22.6 Å². The number of aromatic nitrogens is 8. The van der Waals surface area contributed by atoms with Crippen LogP contribution in [0.15, 0.2) is 73.6 Å². The van der Waals surface area contributed by atoms with Gasteiger partial charge in [-0.3, -0.25) is 0 Å². The fraction of sp³-hybridized carbons (Fsp3) is 0.455. The van der Waals surface area contributed by atoms with Gasteiger partial charge < -0.3 is 31.2 Å². The maximum atomic E-state index is 12.1. The Morgan fingerprint density at radius 1 is 0.698 bits per heavy atom. The lowest BCUT2D eigenvalue weighted by Crippen LogP contribution is -2.44. The Morgan fingerprint density at radius 3 is 1.73 bits per heavy atom. The van der Waals surface area contributed by atoms with Crippen LogP contribution in [0.1, 0.15) is 92.9 Å². The van der Waals surface area contributed by atoms with Gasteiger partial charge in [-0.05, 0) is 117 Å². The second kappa shape index (κ2) is 20.9. The topological polar surface area (TPSA) is 206 Å². The molecule has 16 nitrogen and oxygen atoms in total. The van der Waals surface area contributed by atoms with Crippen LogP contribution in [-0.2, 0) is 9.47 Å². The Labute approximate surface area is 382 Å². The molecule has 2 fully saturated rings. The van der Waals surface area contributed by atoms with Crippen LogP contribution in [-0.4, -0.2) is 77.7 Å². The first-order chi connectivity index (χ1) is 29.9. The van der Waals surface area contributed by atoms with Gasteiger partial charge in [0.15, 0.2) is 0 Å². The first-order valence-electron chi connectivity index (χ1n) is 21.1. The Morgan fingerprint density at radius 2 is 1.19 bits per heavy atom. The van der Waals surface area contributed by atoms with E-state index >= 15 is 0 Å². The standard InChI is InChI=1S/C22H27ClN6O2.C11H6Cl2N4.C11H22N2O2/c1-22(2,3)31-21(30)27-15-8-6-7-14(11-15)26-20-24-13-17(23)19(28-20)16-12-25-29-10-5-4-9-18(16)29;12-8-6-14-11(13)16-10(8)7-5-15-17-4-2-1-3-9(7)17;1-11(2,3)15-10(14)13-9-6-4-5-8(12)7-9/h4-5,9-10,12-15H,6-8,11H2,1-3H3,(H2,24,26,27,28,30);1-6H;8-9H,4-7,12H2,1-3H3,(H,13,14)/p+2/t14-,15+;;8-,9+/m1.1/s1. The number of nitrogens with two attached hydrogens (primary N) is 1. The third-order valence-corrected chi connectivity index (χ3v) is 10.8. The molecule has 63 heavy (non-hydrogen) atoms. The van der Waals surface area contributed by atoms with Crippen LogP contribution >= 0.6 is 34.8 Å². The van der Waals surface area contributed by atoms with Crippen molar-refractivity contribution in [2.75, 3.05) is 5.32 Å². The molecule has 2 aliphatic rings. The van der Waals surface area contributed by atoms with E-state index < -0.39 is 11.2 Å². The molecule has 2 aliphatic carbocycles. The molecular weight excluding hydrogens is 867 g/mol. The third kappa shape index (κ3) is 13.8. The third-order valence-electron chi connectivity index (χ3n) is 10.1. The second-order valence-electron chi connectivity index (χ2n) is 17.6. The highest BCUT2D eigenvalue weighted by molar-refractivity contribution is 6.34. The molecule has 0 radical (unpaired) electrons. The number of nitrogens with zero attached hydrogens (tertiary/aromatic N) is 6. The van der Waals surface area contributed by atoms with Crippen molar-refractivity contribution < 1.29 is 28.1 Å². The number of rotatable bonds is 6. The molecule has 0 aromatic carbocycles. The summed E-state index contributed by atoms with van der Waals surface area (Å²) in [5.74, 6) is 0.526. The van der Waals surface area contributed by atoms with Gasteiger partial charge in [-0.15, -0.1) is 0 Å². The van der Waals surface area contributed by atoms with Crippen LogP contribution in [0.3, 0.4) is 0 Å². The number of carbonyl (C=O) groups excluding carboxylic acids is 2. The normalized spacial score (nSPS) is 18.9. The number of pyridine rings is 2. The number of hydrogen-bond acceptors (Lipinski definition) is 10. The summed E-state index contributed by atoms with van der Waals surface area (Å²) in [7, 11) is 0. The Balaban J connectivity index is 0.000000174. The highest BCUT2D eigenvalue weighted by atomic mass is 35.5. The fourth-order valence-electron chi connectivity index (χ4n) is 7.45. The first kappa shape index (κ1) is 47.2. The molecule has 6 aromatic heterocycles. The van der Waals surface area contributed by atoms with E-state index in [-0.39, 0.29) is 41.6 Å². The van der Waals surface area contributed by atoms with E-state index in [2.05, 4.69) is 41.1 Å². The van der Waals surface area contributed by atoms with E-state index in [0.717, 1.165) is 73.5 Å². The lowest BCUT2D eigenvalue weighted by Gasteiger charge is -2.31. The first-order valence-corrected chi connectivity index (χ1v) is 22.2. The minimum atomic E-state index is -0.509. The van der Waals surface area contributed by atoms with Crippen LogP contribution in [0, 0.1) is 0 Å². The van der Waals surface area contributed by atoms with Gasteiger partial charge in [0, 0.05) is 48.4 Å². The average Bonchev–Trinajstić information content (AvgIpc) is 3.84. The minimum Gasteiger partial charge on any atom is -0.444 e. The summed E-state index contributed by atoms with van der Waals surface area (Å²) in [5.41, 5.74) is 9.94. The van der Waals surface area contributed by atoms with Crippen molar-refractivity contribution in [3.05, 3.63) is 88.9 Å². The predicted octanol–water partition coefficient (Wildman–Crippen LogP) is 8.41. The van der Waals surface area contributed by atoms with Crippen molar-refractivity contribution in [2.45, 2.75) is 128 Å². The smallest absolute Gasteiger partial charge is 0.407 e. The van der Waals surface area contributed by atoms with Crippen molar-refractivity contribution >= 4 is 64.0 Å². The van der Waals surface area contributed by atoms with Gasteiger partial charge in [0.25, 0.3) is 0 Å². The molecular formula is C44H57Cl3N12O4+2. The zero-order valence-corrected chi connectivity index (χ0v) is 38.7. The molecule has 0 aliphatic heterocycles. The molecule has 4 atom stereocenters. The molecule has 0 spiro atoms. The number of halogens is 3. The summed E-state index contributed by atoms with van der Waals surface area (Å²) >= 11 is 18.3. The predicted molar refractivity (Wildman–Crippen MR) is 244 cm³/mol. The number of nitrogens with one attached hydrogen (secondary N) is 5. The average molecular weight is 924 g/mol. The van der Waals surface area contributed by atoms with Crippen LogP contribution in [0.2, 0.25) is 15.3 Å². The van der Waals surface area contributed by atoms with Gasteiger partial charge >= 0.3 is 12.2 Å². The second-order valence-corrected chi connectivity index (χ2v) is 18.8. The largest absolute Gasteiger partial charge is 0.444 e. The van der Waals surface area contributed by atoms with Crippen molar-refractivity contribution in [1.82, 2.24) is 40.8 Å². The summed E-state index contributed by atoms with van der Waals surface area (Å²) in [4.78, 5) is 40.6. The lowest BCUT2D eigenvalue weighted by atomic mass is 9.91. The minimum absolute atomic E-state index is 0.0536. The van der Waals surface area contributed by atoms with Gasteiger partial charge in [-0.1, -0.05) is 32.2 Å². The van der Waals surface area contributed by atoms with E-state index in [1.54, 1.807) is 6.20 Å². The van der Waals surface area contributed by atoms with E-state index in [4.69, 9.17) is 55.0 Å². The molecule has 0 bridgehead atoms. The number of aromatic amines is 2. The highest BCUT2D eigenvalue weighted by Crippen LogP contribution is 2.30. The zero-order chi connectivity index (χ0) is 45.3. The van der Waals surface area contributed by atoms with Crippen molar-refractivity contribution in [2.24, 2.45) is 5.73 Å². The fourth-order valence-corrected chi connectivity index (χ4v) is 7.97. The van der Waals surface area contributed by atoms with Crippen LogP contribution in [0.5, 0.6) is 0 Å². The van der Waals surface area contributed by atoms with Crippen LogP contribution in [0.4, 0.5) is 15.5 Å². The number of hydrogen-bond donors (Lipinski definition) is 6. The molecule has 6 aromatic rings. The number of fused-ring (bicyclic) bond motifs is 2. The van der Waals surface area contributed by atoms with Crippen molar-refractivity contribution in [1.29, 1.82) is 0 Å². The molecule has 7 N–H and O–H groups in total. The quantitative estimate of drug-likeness (QED) is 0.0695. The summed E-state index contributed by atoms with van der Waals surface area (Å²) in [5, 5.41) is 16.7. The van der Waals surface area contributed by atoms with Crippen LogP contribution < -0.4 is 30.7 Å². The summed E-state index contributed by atoms with van der Waals surface area (Å²) in [6.45, 7) is 11.2. The molecule has 2 saturated carbocycles. The Bertz CT molecular complexity index is 2480. The zero-order valence-electron chi connectivity index (χ0n) is 36.4. The van der Waals surface area contributed by atoms with Gasteiger partial charge in [-0.25, -0.2) is 29.5 Å². The molecule has 0 unspecified atom stereocenters. The van der Waals surface area contributed by atoms with E-state index in [0.29, 0.717) is 27.4 Å². The molecule has 0 saturated heterocycles.